The number of carbonyl (C=O) groups is 1. The van der Waals surface area contributed by atoms with Crippen LogP contribution < -0.4 is 19.7 Å². The molecule has 144 valence electrons. The molecule has 1 aliphatic heterocycles. The van der Waals surface area contributed by atoms with Crippen LogP contribution in [0.1, 0.15) is 21.9 Å². The predicted octanol–water partition coefficient (Wildman–Crippen LogP) is 1.57. The van der Waals surface area contributed by atoms with Crippen molar-refractivity contribution in [2.45, 2.75) is 13.5 Å². The number of carbonyl (C=O) groups excluding carboxylic acids is 1. The molecule has 1 aromatic carbocycles. The summed E-state index contributed by atoms with van der Waals surface area (Å²) in [7, 11) is 3.17. The maximum absolute atomic E-state index is 12.6. The lowest BCUT2D eigenvalue weighted by Gasteiger charge is -2.28. The first-order chi connectivity index (χ1) is 13.1. The van der Waals surface area contributed by atoms with Gasteiger partial charge in [-0.1, -0.05) is 6.07 Å². The first-order valence-electron chi connectivity index (χ1n) is 8.78. The quantitative estimate of drug-likeness (QED) is 0.824. The zero-order valence-electron chi connectivity index (χ0n) is 15.8. The molecular formula is C19H24N4O4. The van der Waals surface area contributed by atoms with Gasteiger partial charge in [-0.25, -0.2) is 9.97 Å². The molecular weight excluding hydrogens is 348 g/mol. The number of morpholine rings is 1. The Balaban J connectivity index is 1.70. The smallest absolute Gasteiger partial charge is 0.270 e. The van der Waals surface area contributed by atoms with E-state index >= 15 is 0 Å². The number of methoxy groups -OCH3 is 2. The molecule has 1 fully saturated rings. The molecule has 27 heavy (non-hydrogen) atoms. The lowest BCUT2D eigenvalue weighted by molar-refractivity contribution is 0.0945. The van der Waals surface area contributed by atoms with Crippen molar-refractivity contribution in [2.75, 3.05) is 45.4 Å². The van der Waals surface area contributed by atoms with Crippen LogP contribution in [-0.4, -0.2) is 56.4 Å². The van der Waals surface area contributed by atoms with E-state index in [1.54, 1.807) is 27.2 Å². The zero-order valence-corrected chi connectivity index (χ0v) is 15.8. The number of amides is 1. The van der Waals surface area contributed by atoms with E-state index in [9.17, 15) is 4.79 Å². The van der Waals surface area contributed by atoms with Gasteiger partial charge in [0.2, 0.25) is 0 Å². The molecule has 0 unspecified atom stereocenters. The maximum Gasteiger partial charge on any atom is 0.270 e. The molecule has 0 spiro atoms. The number of aryl methyl sites for hydroxylation is 1. The number of ether oxygens (including phenoxy) is 3. The summed E-state index contributed by atoms with van der Waals surface area (Å²) < 4.78 is 15.9. The molecule has 1 saturated heterocycles. The van der Waals surface area contributed by atoms with Crippen LogP contribution in [-0.2, 0) is 11.3 Å². The zero-order chi connectivity index (χ0) is 19.2. The van der Waals surface area contributed by atoms with Crippen LogP contribution in [0.15, 0.2) is 24.3 Å². The molecule has 1 aromatic heterocycles. The van der Waals surface area contributed by atoms with Gasteiger partial charge in [-0.15, -0.1) is 0 Å². The van der Waals surface area contributed by atoms with Crippen LogP contribution in [0.4, 0.5) is 5.82 Å². The Hall–Kier alpha value is -2.87. The second-order valence-electron chi connectivity index (χ2n) is 6.13. The summed E-state index contributed by atoms with van der Waals surface area (Å²) in [6, 6.07) is 7.25. The number of rotatable bonds is 6. The van der Waals surface area contributed by atoms with Gasteiger partial charge in [0.25, 0.3) is 5.91 Å². The summed E-state index contributed by atoms with van der Waals surface area (Å²) in [6.07, 6.45) is 0. The Morgan fingerprint density at radius 1 is 1.15 bits per heavy atom. The van der Waals surface area contributed by atoms with Crippen molar-refractivity contribution < 1.29 is 19.0 Å². The van der Waals surface area contributed by atoms with E-state index in [-0.39, 0.29) is 5.91 Å². The number of nitrogens with one attached hydrogen (secondary N) is 1. The van der Waals surface area contributed by atoms with Crippen LogP contribution in [0.25, 0.3) is 0 Å². The molecule has 1 aliphatic rings. The Bertz CT molecular complexity index is 806. The minimum Gasteiger partial charge on any atom is -0.493 e. The molecule has 2 heterocycles. The second kappa shape index (κ2) is 8.68. The largest absolute Gasteiger partial charge is 0.493 e. The van der Waals surface area contributed by atoms with E-state index in [0.29, 0.717) is 42.8 Å². The third-order valence-electron chi connectivity index (χ3n) is 4.29. The lowest BCUT2D eigenvalue weighted by Crippen LogP contribution is -2.37. The van der Waals surface area contributed by atoms with Gasteiger partial charge in [0.1, 0.15) is 17.3 Å². The average Bonchev–Trinajstić information content (AvgIpc) is 2.71. The van der Waals surface area contributed by atoms with Crippen molar-refractivity contribution in [3.8, 4) is 11.5 Å². The Morgan fingerprint density at radius 2 is 1.89 bits per heavy atom. The highest BCUT2D eigenvalue weighted by atomic mass is 16.5. The highest BCUT2D eigenvalue weighted by Crippen LogP contribution is 2.27. The highest BCUT2D eigenvalue weighted by molar-refractivity contribution is 5.92. The first-order valence-corrected chi connectivity index (χ1v) is 8.78. The number of benzene rings is 1. The van der Waals surface area contributed by atoms with Gasteiger partial charge in [-0.05, 0) is 24.6 Å². The SMILES string of the molecule is COc1ccc(CNC(=O)c2cc(N3CCOCC3)nc(C)n2)cc1OC. The van der Waals surface area contributed by atoms with Crippen LogP contribution >= 0.6 is 0 Å². The standard InChI is InChI=1S/C19H24N4O4/c1-13-21-15(11-18(22-13)23-6-8-27-9-7-23)19(24)20-12-14-4-5-16(25-2)17(10-14)26-3/h4-5,10-11H,6-9,12H2,1-3H3,(H,20,24). The second-order valence-corrected chi connectivity index (χ2v) is 6.13. The highest BCUT2D eigenvalue weighted by Gasteiger charge is 2.17. The van der Waals surface area contributed by atoms with E-state index in [4.69, 9.17) is 14.2 Å². The van der Waals surface area contributed by atoms with Gasteiger partial charge in [0.05, 0.1) is 27.4 Å². The van der Waals surface area contributed by atoms with Gasteiger partial charge in [-0.2, -0.15) is 0 Å². The van der Waals surface area contributed by atoms with Crippen molar-refractivity contribution in [3.05, 3.63) is 41.3 Å². The van der Waals surface area contributed by atoms with Crippen LogP contribution in [0.5, 0.6) is 11.5 Å². The maximum atomic E-state index is 12.6. The minimum absolute atomic E-state index is 0.246. The van der Waals surface area contributed by atoms with Crippen LogP contribution in [0.3, 0.4) is 0 Å². The fraction of sp³-hybridized carbons (Fsp3) is 0.421. The molecule has 0 bridgehead atoms. The summed E-state index contributed by atoms with van der Waals surface area (Å²) in [5.74, 6) is 2.34. The van der Waals surface area contributed by atoms with Crippen LogP contribution in [0, 0.1) is 6.92 Å². The molecule has 2 aromatic rings. The summed E-state index contributed by atoms with van der Waals surface area (Å²) >= 11 is 0. The van der Waals surface area contributed by atoms with Crippen molar-refractivity contribution in [2.24, 2.45) is 0 Å². The number of anilines is 1. The number of hydrogen-bond acceptors (Lipinski definition) is 7. The Morgan fingerprint density at radius 3 is 2.59 bits per heavy atom. The van der Waals surface area contributed by atoms with E-state index in [1.165, 1.54) is 0 Å². The number of nitrogens with zero attached hydrogens (tertiary/aromatic N) is 3. The predicted molar refractivity (Wildman–Crippen MR) is 101 cm³/mol. The monoisotopic (exact) mass is 372 g/mol. The molecule has 0 radical (unpaired) electrons. The third kappa shape index (κ3) is 4.65. The topological polar surface area (TPSA) is 85.8 Å². The van der Waals surface area contributed by atoms with E-state index in [0.717, 1.165) is 24.5 Å². The van der Waals surface area contributed by atoms with Crippen molar-refractivity contribution in [1.29, 1.82) is 0 Å². The molecule has 8 heteroatoms. The van der Waals surface area contributed by atoms with Gasteiger partial charge in [0.15, 0.2) is 11.5 Å². The normalized spacial score (nSPS) is 14.0. The molecule has 0 atom stereocenters. The van der Waals surface area contributed by atoms with Crippen molar-refractivity contribution in [3.63, 3.8) is 0 Å². The molecule has 3 rings (SSSR count). The van der Waals surface area contributed by atoms with Crippen molar-refractivity contribution >= 4 is 11.7 Å². The summed E-state index contributed by atoms with van der Waals surface area (Å²) in [5.41, 5.74) is 1.25. The van der Waals surface area contributed by atoms with E-state index in [2.05, 4.69) is 20.2 Å². The van der Waals surface area contributed by atoms with Gasteiger partial charge in [0, 0.05) is 25.7 Å². The Kier molecular flexibility index (Phi) is 6.08. The average molecular weight is 372 g/mol. The van der Waals surface area contributed by atoms with E-state index < -0.39 is 0 Å². The fourth-order valence-corrected chi connectivity index (χ4v) is 2.89. The summed E-state index contributed by atoms with van der Waals surface area (Å²) in [5, 5.41) is 2.89. The number of hydrogen-bond donors (Lipinski definition) is 1. The fourth-order valence-electron chi connectivity index (χ4n) is 2.89. The minimum atomic E-state index is -0.246. The number of aromatic nitrogens is 2. The van der Waals surface area contributed by atoms with Crippen molar-refractivity contribution in [1.82, 2.24) is 15.3 Å². The molecule has 1 N–H and O–H groups in total. The Labute approximate surface area is 158 Å². The molecule has 0 saturated carbocycles. The first kappa shape index (κ1) is 18.9. The molecule has 1 amide bonds. The summed E-state index contributed by atoms with van der Waals surface area (Å²) in [4.78, 5) is 23.4. The van der Waals surface area contributed by atoms with Gasteiger partial charge >= 0.3 is 0 Å². The molecule has 8 nitrogen and oxygen atoms in total. The molecule has 0 aliphatic carbocycles. The van der Waals surface area contributed by atoms with Gasteiger partial charge in [-0.3, -0.25) is 4.79 Å². The summed E-state index contributed by atoms with van der Waals surface area (Å²) in [6.45, 7) is 4.96. The lowest BCUT2D eigenvalue weighted by atomic mass is 10.2. The third-order valence-corrected chi connectivity index (χ3v) is 4.29. The van der Waals surface area contributed by atoms with Crippen LogP contribution in [0.2, 0.25) is 0 Å². The van der Waals surface area contributed by atoms with Gasteiger partial charge < -0.3 is 24.4 Å². The van der Waals surface area contributed by atoms with E-state index in [1.807, 2.05) is 18.2 Å².